The molecule has 0 saturated carbocycles. The molecular weight excluding hydrogens is 220 g/mol. The molecule has 1 aliphatic heterocycles. The first-order valence-corrected chi connectivity index (χ1v) is 6.57. The van der Waals surface area contributed by atoms with E-state index in [2.05, 4.69) is 0 Å². The molecule has 0 N–H and O–H groups in total. The highest BCUT2D eigenvalue weighted by molar-refractivity contribution is 8.00. The maximum absolute atomic E-state index is 12.2. The van der Waals surface area contributed by atoms with E-state index in [1.165, 1.54) is 0 Å². The quantitative estimate of drug-likeness (QED) is 0.754. The number of carbonyl (C=O) groups excluding carboxylic acids is 1. The molecule has 0 aromatic heterocycles. The molecule has 1 saturated heterocycles. The molecule has 1 aromatic carbocycles. The lowest BCUT2D eigenvalue weighted by atomic mass is 10.0. The van der Waals surface area contributed by atoms with Crippen molar-refractivity contribution in [2.24, 2.45) is 0 Å². The van der Waals surface area contributed by atoms with E-state index >= 15 is 0 Å². The van der Waals surface area contributed by atoms with Crippen LogP contribution in [0.2, 0.25) is 0 Å². The van der Waals surface area contributed by atoms with Crippen LogP contribution in [0.4, 0.5) is 0 Å². The summed E-state index contributed by atoms with van der Waals surface area (Å²) in [6.45, 7) is 1.97. The van der Waals surface area contributed by atoms with Gasteiger partial charge in [-0.3, -0.25) is 4.79 Å². The molecule has 1 atom stereocenters. The van der Waals surface area contributed by atoms with Crippen LogP contribution in [-0.4, -0.2) is 23.9 Å². The highest BCUT2D eigenvalue weighted by Crippen LogP contribution is 2.30. The fourth-order valence-electron chi connectivity index (χ4n) is 2.00. The predicted molar refractivity (Wildman–Crippen MR) is 67.5 cm³/mol. The van der Waals surface area contributed by atoms with Gasteiger partial charge in [0.05, 0.1) is 12.4 Å². The largest absolute Gasteiger partial charge is 0.497 e. The molecule has 0 radical (unpaired) electrons. The summed E-state index contributed by atoms with van der Waals surface area (Å²) in [5, 5.41) is 0.173. The summed E-state index contributed by atoms with van der Waals surface area (Å²) in [4.78, 5) is 12.2. The van der Waals surface area contributed by atoms with Crippen molar-refractivity contribution in [2.75, 3.05) is 12.9 Å². The highest BCUT2D eigenvalue weighted by Gasteiger charge is 2.25. The first-order chi connectivity index (χ1) is 7.72. The molecule has 1 fully saturated rings. The second-order valence-corrected chi connectivity index (χ2v) is 5.36. The number of hydrogen-bond acceptors (Lipinski definition) is 3. The molecule has 1 aromatic rings. The van der Waals surface area contributed by atoms with Crippen LogP contribution in [0.5, 0.6) is 5.75 Å². The summed E-state index contributed by atoms with van der Waals surface area (Å²) in [6, 6.07) is 5.67. The van der Waals surface area contributed by atoms with Gasteiger partial charge in [-0.05, 0) is 49.3 Å². The summed E-state index contributed by atoms with van der Waals surface area (Å²) in [5.74, 6) is 2.21. The summed E-state index contributed by atoms with van der Waals surface area (Å²) in [7, 11) is 1.64. The Bertz CT molecular complexity index is 395. The van der Waals surface area contributed by atoms with Crippen LogP contribution in [0, 0.1) is 6.92 Å². The Morgan fingerprint density at radius 2 is 2.31 bits per heavy atom. The van der Waals surface area contributed by atoms with Gasteiger partial charge in [-0.2, -0.15) is 11.8 Å². The minimum Gasteiger partial charge on any atom is -0.497 e. The van der Waals surface area contributed by atoms with Crippen molar-refractivity contribution in [1.82, 2.24) is 0 Å². The fourth-order valence-corrected chi connectivity index (χ4v) is 3.23. The van der Waals surface area contributed by atoms with Crippen molar-refractivity contribution >= 4 is 17.5 Å². The molecule has 2 rings (SSSR count). The molecule has 1 heterocycles. The normalized spacial score (nSPS) is 19.8. The summed E-state index contributed by atoms with van der Waals surface area (Å²) >= 11 is 1.78. The molecule has 3 heteroatoms. The second kappa shape index (κ2) is 4.91. The average molecular weight is 236 g/mol. The van der Waals surface area contributed by atoms with Gasteiger partial charge in [0, 0.05) is 5.56 Å². The van der Waals surface area contributed by atoms with Gasteiger partial charge >= 0.3 is 0 Å². The SMILES string of the molecule is COc1ccc(C(=O)C2CCCS2)c(C)c1. The molecule has 0 aliphatic carbocycles. The van der Waals surface area contributed by atoms with Gasteiger partial charge < -0.3 is 4.74 Å². The molecular formula is C13H16O2S. The Morgan fingerprint density at radius 1 is 1.50 bits per heavy atom. The van der Waals surface area contributed by atoms with E-state index in [9.17, 15) is 4.79 Å². The Hall–Kier alpha value is -0.960. The predicted octanol–water partition coefficient (Wildman–Crippen LogP) is 3.08. The lowest BCUT2D eigenvalue weighted by molar-refractivity contribution is 0.0988. The van der Waals surface area contributed by atoms with Gasteiger partial charge in [-0.15, -0.1) is 0 Å². The molecule has 0 bridgehead atoms. The van der Waals surface area contributed by atoms with Crippen molar-refractivity contribution in [1.29, 1.82) is 0 Å². The van der Waals surface area contributed by atoms with Crippen LogP contribution in [0.15, 0.2) is 18.2 Å². The van der Waals surface area contributed by atoms with Crippen molar-refractivity contribution in [2.45, 2.75) is 25.0 Å². The number of hydrogen-bond donors (Lipinski definition) is 0. The Kier molecular flexibility index (Phi) is 3.54. The number of ether oxygens (including phenoxy) is 1. The monoisotopic (exact) mass is 236 g/mol. The third kappa shape index (κ3) is 2.24. The van der Waals surface area contributed by atoms with Gasteiger partial charge in [0.15, 0.2) is 5.78 Å². The zero-order valence-electron chi connectivity index (χ0n) is 9.66. The molecule has 86 valence electrons. The fraction of sp³-hybridized carbons (Fsp3) is 0.462. The Morgan fingerprint density at radius 3 is 2.88 bits per heavy atom. The van der Waals surface area contributed by atoms with Crippen LogP contribution in [0.3, 0.4) is 0 Å². The van der Waals surface area contributed by atoms with Crippen molar-refractivity contribution in [3.63, 3.8) is 0 Å². The zero-order chi connectivity index (χ0) is 11.5. The minimum absolute atomic E-state index is 0.173. The van der Waals surface area contributed by atoms with E-state index < -0.39 is 0 Å². The van der Waals surface area contributed by atoms with E-state index in [4.69, 9.17) is 4.74 Å². The number of Topliss-reactive ketones (excluding diaryl/α,β-unsaturated/α-hetero) is 1. The lowest BCUT2D eigenvalue weighted by Crippen LogP contribution is -2.15. The van der Waals surface area contributed by atoms with Gasteiger partial charge in [-0.1, -0.05) is 0 Å². The van der Waals surface area contributed by atoms with Gasteiger partial charge in [0.2, 0.25) is 0 Å². The molecule has 0 amide bonds. The van der Waals surface area contributed by atoms with Crippen molar-refractivity contribution in [3.05, 3.63) is 29.3 Å². The molecule has 1 aliphatic rings. The van der Waals surface area contributed by atoms with E-state index in [-0.39, 0.29) is 11.0 Å². The van der Waals surface area contributed by atoms with Crippen LogP contribution in [0.25, 0.3) is 0 Å². The summed E-state index contributed by atoms with van der Waals surface area (Å²) < 4.78 is 5.14. The van der Waals surface area contributed by atoms with Gasteiger partial charge in [0.25, 0.3) is 0 Å². The molecule has 2 nitrogen and oxygen atoms in total. The van der Waals surface area contributed by atoms with E-state index in [1.807, 2.05) is 25.1 Å². The zero-order valence-corrected chi connectivity index (χ0v) is 10.5. The summed E-state index contributed by atoms with van der Waals surface area (Å²) in [6.07, 6.45) is 2.19. The number of thioether (sulfide) groups is 1. The van der Waals surface area contributed by atoms with Crippen LogP contribution in [0.1, 0.15) is 28.8 Å². The van der Waals surface area contributed by atoms with Crippen molar-refractivity contribution in [3.8, 4) is 5.75 Å². The van der Waals surface area contributed by atoms with Gasteiger partial charge in [0.1, 0.15) is 5.75 Å². The van der Waals surface area contributed by atoms with E-state index in [0.717, 1.165) is 35.5 Å². The maximum atomic E-state index is 12.2. The average Bonchev–Trinajstić information content (AvgIpc) is 2.81. The molecule has 16 heavy (non-hydrogen) atoms. The van der Waals surface area contributed by atoms with Gasteiger partial charge in [-0.25, -0.2) is 0 Å². The van der Waals surface area contributed by atoms with Crippen LogP contribution < -0.4 is 4.74 Å². The lowest BCUT2D eigenvalue weighted by Gasteiger charge is -2.11. The third-order valence-corrected chi connectivity index (χ3v) is 4.30. The Labute approximate surface area is 100 Å². The first-order valence-electron chi connectivity index (χ1n) is 5.53. The second-order valence-electron chi connectivity index (χ2n) is 4.05. The van der Waals surface area contributed by atoms with Crippen molar-refractivity contribution < 1.29 is 9.53 Å². The Balaban J connectivity index is 2.22. The first kappa shape index (κ1) is 11.5. The number of methoxy groups -OCH3 is 1. The molecule has 0 spiro atoms. The van der Waals surface area contributed by atoms with Crippen LogP contribution >= 0.6 is 11.8 Å². The smallest absolute Gasteiger partial charge is 0.176 e. The number of carbonyl (C=O) groups is 1. The number of aryl methyl sites for hydroxylation is 1. The molecule has 1 unspecified atom stereocenters. The number of rotatable bonds is 3. The highest BCUT2D eigenvalue weighted by atomic mass is 32.2. The topological polar surface area (TPSA) is 26.3 Å². The van der Waals surface area contributed by atoms with E-state index in [0.29, 0.717) is 0 Å². The summed E-state index contributed by atoms with van der Waals surface area (Å²) in [5.41, 5.74) is 1.86. The number of ketones is 1. The standard InChI is InChI=1S/C13H16O2S/c1-9-8-10(15-2)5-6-11(9)13(14)12-4-3-7-16-12/h5-6,8,12H,3-4,7H2,1-2H3. The minimum atomic E-state index is 0.173. The van der Waals surface area contributed by atoms with Crippen LogP contribution in [-0.2, 0) is 0 Å². The van der Waals surface area contributed by atoms with E-state index in [1.54, 1.807) is 18.9 Å². The maximum Gasteiger partial charge on any atom is 0.176 e. The number of benzene rings is 1. The third-order valence-electron chi connectivity index (χ3n) is 2.92.